The Labute approximate surface area is 129 Å². The number of benzene rings is 1. The first-order valence-electron chi connectivity index (χ1n) is 7.24. The number of nitrogens with one attached hydrogen (secondary N) is 1. The summed E-state index contributed by atoms with van der Waals surface area (Å²) in [6.45, 7) is 3.85. The third kappa shape index (κ3) is 3.97. The zero-order valence-corrected chi connectivity index (χ0v) is 12.7. The minimum atomic E-state index is -1.01. The predicted molar refractivity (Wildman–Crippen MR) is 84.1 cm³/mol. The number of carbonyl (C=O) groups excluding carboxylic acids is 1. The van der Waals surface area contributed by atoms with Crippen molar-refractivity contribution in [1.29, 1.82) is 0 Å². The van der Waals surface area contributed by atoms with E-state index in [0.29, 0.717) is 12.0 Å². The van der Waals surface area contributed by atoms with Crippen LogP contribution in [-0.2, 0) is 4.79 Å². The van der Waals surface area contributed by atoms with Gasteiger partial charge in [0, 0.05) is 23.6 Å². The Bertz CT molecular complexity index is 648. The van der Waals surface area contributed by atoms with Crippen LogP contribution in [0.25, 0.3) is 5.69 Å². The summed E-state index contributed by atoms with van der Waals surface area (Å²) < 4.78 is 1.89. The van der Waals surface area contributed by atoms with E-state index in [-0.39, 0.29) is 11.8 Å². The van der Waals surface area contributed by atoms with Crippen molar-refractivity contribution in [2.24, 2.45) is 5.92 Å². The van der Waals surface area contributed by atoms with Crippen LogP contribution in [0, 0.1) is 5.92 Å². The van der Waals surface area contributed by atoms with Crippen LogP contribution in [0.2, 0.25) is 0 Å². The molecule has 0 aliphatic carbocycles. The van der Waals surface area contributed by atoms with E-state index in [1.807, 2.05) is 49.0 Å². The molecule has 0 fully saturated rings. The molecule has 0 saturated carbocycles. The third-order valence-electron chi connectivity index (χ3n) is 3.32. The van der Waals surface area contributed by atoms with Crippen LogP contribution in [0.3, 0.4) is 0 Å². The lowest BCUT2D eigenvalue weighted by Crippen LogP contribution is -2.41. The number of nitrogens with zero attached hydrogens (tertiary/aromatic N) is 1. The Balaban J connectivity index is 2.15. The standard InChI is InChI=1S/C17H20N2O3/c1-12(2)10-15(17(21)22)18-16(20)13-6-5-7-14(11-13)19-8-3-4-9-19/h3-9,11-12,15H,10H2,1-2H3,(H,18,20)(H,21,22). The van der Waals surface area contributed by atoms with Crippen LogP contribution in [0.4, 0.5) is 0 Å². The molecular weight excluding hydrogens is 280 g/mol. The van der Waals surface area contributed by atoms with Gasteiger partial charge in [-0.2, -0.15) is 0 Å². The normalized spacial score (nSPS) is 12.1. The second-order valence-electron chi connectivity index (χ2n) is 5.63. The fourth-order valence-corrected chi connectivity index (χ4v) is 2.25. The van der Waals surface area contributed by atoms with Crippen molar-refractivity contribution in [3.8, 4) is 5.69 Å². The number of rotatable bonds is 6. The summed E-state index contributed by atoms with van der Waals surface area (Å²) in [6.07, 6.45) is 4.17. The van der Waals surface area contributed by atoms with Crippen molar-refractivity contribution in [2.75, 3.05) is 0 Å². The molecule has 2 aromatic rings. The molecular formula is C17H20N2O3. The number of aliphatic carboxylic acids is 1. The second kappa shape index (κ2) is 6.93. The van der Waals surface area contributed by atoms with E-state index in [4.69, 9.17) is 0 Å². The zero-order chi connectivity index (χ0) is 16.1. The van der Waals surface area contributed by atoms with Gasteiger partial charge in [0.2, 0.25) is 0 Å². The van der Waals surface area contributed by atoms with Gasteiger partial charge in [0.05, 0.1) is 0 Å². The lowest BCUT2D eigenvalue weighted by molar-refractivity contribution is -0.139. The summed E-state index contributed by atoms with van der Waals surface area (Å²) in [6, 6.07) is 10.0. The van der Waals surface area contributed by atoms with Crippen molar-refractivity contribution in [1.82, 2.24) is 9.88 Å². The molecule has 2 rings (SSSR count). The van der Waals surface area contributed by atoms with E-state index in [9.17, 15) is 14.7 Å². The number of carboxylic acids is 1. The van der Waals surface area contributed by atoms with Gasteiger partial charge in [-0.25, -0.2) is 4.79 Å². The largest absolute Gasteiger partial charge is 0.480 e. The summed E-state index contributed by atoms with van der Waals surface area (Å²) in [4.78, 5) is 23.5. The Kier molecular flexibility index (Phi) is 4.99. The maximum Gasteiger partial charge on any atom is 0.326 e. The van der Waals surface area contributed by atoms with E-state index in [2.05, 4.69) is 5.32 Å². The van der Waals surface area contributed by atoms with Crippen LogP contribution in [0.15, 0.2) is 48.8 Å². The molecule has 0 radical (unpaired) electrons. The Morgan fingerprint density at radius 2 is 1.86 bits per heavy atom. The minimum Gasteiger partial charge on any atom is -0.480 e. The van der Waals surface area contributed by atoms with Crippen molar-refractivity contribution < 1.29 is 14.7 Å². The summed E-state index contributed by atoms with van der Waals surface area (Å²) in [5.41, 5.74) is 1.30. The summed E-state index contributed by atoms with van der Waals surface area (Å²) in [5.74, 6) is -1.20. The number of hydrogen-bond acceptors (Lipinski definition) is 2. The van der Waals surface area contributed by atoms with Gasteiger partial charge in [-0.3, -0.25) is 4.79 Å². The predicted octanol–water partition coefficient (Wildman–Crippen LogP) is 2.71. The van der Waals surface area contributed by atoms with Gasteiger partial charge < -0.3 is 15.0 Å². The van der Waals surface area contributed by atoms with Gasteiger partial charge in [0.1, 0.15) is 6.04 Å². The van der Waals surface area contributed by atoms with Crippen LogP contribution >= 0.6 is 0 Å². The summed E-state index contributed by atoms with van der Waals surface area (Å²) in [7, 11) is 0. The molecule has 0 aliphatic rings. The lowest BCUT2D eigenvalue weighted by atomic mass is 10.0. The van der Waals surface area contributed by atoms with E-state index >= 15 is 0 Å². The van der Waals surface area contributed by atoms with Gasteiger partial charge >= 0.3 is 5.97 Å². The van der Waals surface area contributed by atoms with Crippen molar-refractivity contribution >= 4 is 11.9 Å². The van der Waals surface area contributed by atoms with Crippen LogP contribution < -0.4 is 5.32 Å². The van der Waals surface area contributed by atoms with Gasteiger partial charge in [0.15, 0.2) is 0 Å². The Hall–Kier alpha value is -2.56. The number of hydrogen-bond donors (Lipinski definition) is 2. The SMILES string of the molecule is CC(C)CC(NC(=O)c1cccc(-n2cccc2)c1)C(=O)O. The van der Waals surface area contributed by atoms with Gasteiger partial charge in [-0.15, -0.1) is 0 Å². The number of amides is 1. The highest BCUT2D eigenvalue weighted by Crippen LogP contribution is 2.12. The molecule has 0 saturated heterocycles. The molecule has 22 heavy (non-hydrogen) atoms. The molecule has 2 N–H and O–H groups in total. The van der Waals surface area contributed by atoms with Gasteiger partial charge in [-0.1, -0.05) is 19.9 Å². The average Bonchev–Trinajstić information content (AvgIpc) is 3.00. The molecule has 0 spiro atoms. The van der Waals surface area contributed by atoms with Crippen molar-refractivity contribution in [3.05, 3.63) is 54.4 Å². The molecule has 1 unspecified atom stereocenters. The molecule has 0 bridgehead atoms. The molecule has 1 atom stereocenters. The van der Waals surface area contributed by atoms with Crippen molar-refractivity contribution in [3.63, 3.8) is 0 Å². The number of carbonyl (C=O) groups is 2. The first-order chi connectivity index (χ1) is 10.5. The van der Waals surface area contributed by atoms with Gasteiger partial charge in [-0.05, 0) is 42.7 Å². The first kappa shape index (κ1) is 15.8. The molecule has 5 nitrogen and oxygen atoms in total. The molecule has 1 aromatic carbocycles. The topological polar surface area (TPSA) is 71.3 Å². The van der Waals surface area contributed by atoms with Crippen LogP contribution in [0.1, 0.15) is 30.6 Å². The molecule has 5 heteroatoms. The third-order valence-corrected chi connectivity index (χ3v) is 3.32. The number of aromatic nitrogens is 1. The van der Waals surface area contributed by atoms with Crippen LogP contribution in [-0.4, -0.2) is 27.6 Å². The van der Waals surface area contributed by atoms with E-state index in [0.717, 1.165) is 5.69 Å². The highest BCUT2D eigenvalue weighted by atomic mass is 16.4. The fourth-order valence-electron chi connectivity index (χ4n) is 2.25. The van der Waals surface area contributed by atoms with Crippen molar-refractivity contribution in [2.45, 2.75) is 26.3 Å². The quantitative estimate of drug-likeness (QED) is 0.861. The second-order valence-corrected chi connectivity index (χ2v) is 5.63. The lowest BCUT2D eigenvalue weighted by Gasteiger charge is -2.16. The fraction of sp³-hybridized carbons (Fsp3) is 0.294. The average molecular weight is 300 g/mol. The van der Waals surface area contributed by atoms with Crippen LogP contribution in [0.5, 0.6) is 0 Å². The maximum absolute atomic E-state index is 12.3. The summed E-state index contributed by atoms with van der Waals surface area (Å²) >= 11 is 0. The Morgan fingerprint density at radius 3 is 2.45 bits per heavy atom. The molecule has 1 heterocycles. The van der Waals surface area contributed by atoms with E-state index in [1.165, 1.54) is 0 Å². The highest BCUT2D eigenvalue weighted by molar-refractivity contribution is 5.97. The molecule has 1 amide bonds. The minimum absolute atomic E-state index is 0.188. The molecule has 1 aromatic heterocycles. The summed E-state index contributed by atoms with van der Waals surface area (Å²) in [5, 5.41) is 11.8. The van der Waals surface area contributed by atoms with E-state index < -0.39 is 12.0 Å². The monoisotopic (exact) mass is 300 g/mol. The molecule has 0 aliphatic heterocycles. The van der Waals surface area contributed by atoms with E-state index in [1.54, 1.807) is 18.2 Å². The smallest absolute Gasteiger partial charge is 0.326 e. The Morgan fingerprint density at radius 1 is 1.18 bits per heavy atom. The first-order valence-corrected chi connectivity index (χ1v) is 7.24. The molecule has 116 valence electrons. The highest BCUT2D eigenvalue weighted by Gasteiger charge is 2.21. The maximum atomic E-state index is 12.3. The zero-order valence-electron chi connectivity index (χ0n) is 12.7. The number of carboxylic acid groups (broad SMARTS) is 1. The van der Waals surface area contributed by atoms with Gasteiger partial charge in [0.25, 0.3) is 5.91 Å².